The van der Waals surface area contributed by atoms with Crippen molar-refractivity contribution in [3.63, 3.8) is 0 Å². The van der Waals surface area contributed by atoms with Gasteiger partial charge < -0.3 is 10.1 Å². The van der Waals surface area contributed by atoms with Crippen LogP contribution in [-0.4, -0.2) is 32.7 Å². The fraction of sp³-hybridized carbons (Fsp3) is 0.654. The quantitative estimate of drug-likeness (QED) is 0.731. The fourth-order valence-electron chi connectivity index (χ4n) is 7.73. The van der Waals surface area contributed by atoms with Gasteiger partial charge in [-0.2, -0.15) is 0 Å². The second-order valence-corrected chi connectivity index (χ2v) is 13.4. The standard InChI is InChI=1S/C26H35NO4S/c1-16-13-22-26(3,12-10-23(28)27-22)20-9-11-25(2)15-18(14-21(25)24(16)20)31-17-5-7-19(8-6-17)32(4,29)30/h5-8,10,12,16,18,20-22,24H,9,11,13-15H2,1-4H3,(H,27,28)/t16?,18?,20-,21+,22?,24-,25-,26-/m1/s1. The van der Waals surface area contributed by atoms with Crippen LogP contribution in [0, 0.1) is 34.5 Å². The first kappa shape index (κ1) is 22.0. The average Bonchev–Trinajstić information content (AvgIpc) is 3.05. The van der Waals surface area contributed by atoms with Crippen LogP contribution >= 0.6 is 0 Å². The van der Waals surface area contributed by atoms with Gasteiger partial charge in [-0.05, 0) is 91.5 Å². The molecular weight excluding hydrogens is 422 g/mol. The minimum Gasteiger partial charge on any atom is -0.490 e. The third-order valence-corrected chi connectivity index (χ3v) is 10.5. The van der Waals surface area contributed by atoms with E-state index in [1.165, 1.54) is 19.1 Å². The molecule has 32 heavy (non-hydrogen) atoms. The van der Waals surface area contributed by atoms with E-state index in [0.717, 1.165) is 25.0 Å². The molecule has 5 nitrogen and oxygen atoms in total. The smallest absolute Gasteiger partial charge is 0.243 e. The van der Waals surface area contributed by atoms with E-state index in [9.17, 15) is 13.2 Å². The maximum Gasteiger partial charge on any atom is 0.243 e. The van der Waals surface area contributed by atoms with Crippen LogP contribution in [0.5, 0.6) is 5.75 Å². The molecule has 1 N–H and O–H groups in total. The van der Waals surface area contributed by atoms with Crippen LogP contribution in [0.1, 0.15) is 52.9 Å². The fourth-order valence-corrected chi connectivity index (χ4v) is 8.36. The van der Waals surface area contributed by atoms with Crippen LogP contribution in [0.4, 0.5) is 0 Å². The molecule has 174 valence electrons. The summed E-state index contributed by atoms with van der Waals surface area (Å²) in [5, 5.41) is 3.25. The van der Waals surface area contributed by atoms with E-state index in [2.05, 4.69) is 32.2 Å². The van der Waals surface area contributed by atoms with Crippen molar-refractivity contribution in [3.8, 4) is 5.75 Å². The normalized spacial score (nSPS) is 43.1. The van der Waals surface area contributed by atoms with E-state index in [1.807, 2.05) is 0 Å². The second-order valence-electron chi connectivity index (χ2n) is 11.4. The summed E-state index contributed by atoms with van der Waals surface area (Å²) >= 11 is 0. The number of fused-ring (bicyclic) bond motifs is 5. The van der Waals surface area contributed by atoms with Crippen molar-refractivity contribution in [2.45, 2.75) is 69.9 Å². The van der Waals surface area contributed by atoms with Gasteiger partial charge in [0.05, 0.1) is 11.0 Å². The predicted octanol–water partition coefficient (Wildman–Crippen LogP) is 4.38. The van der Waals surface area contributed by atoms with Crippen molar-refractivity contribution < 1.29 is 17.9 Å². The molecule has 0 aromatic heterocycles. The molecule has 0 spiro atoms. The van der Waals surface area contributed by atoms with E-state index < -0.39 is 9.84 Å². The molecule has 3 unspecified atom stereocenters. The Balaban J connectivity index is 1.37. The highest BCUT2D eigenvalue weighted by molar-refractivity contribution is 7.90. The summed E-state index contributed by atoms with van der Waals surface area (Å²) in [6.07, 6.45) is 10.9. The summed E-state index contributed by atoms with van der Waals surface area (Å²) in [6.45, 7) is 7.18. The monoisotopic (exact) mass is 457 g/mol. The van der Waals surface area contributed by atoms with Gasteiger partial charge in [0, 0.05) is 17.7 Å². The van der Waals surface area contributed by atoms with Crippen molar-refractivity contribution in [1.82, 2.24) is 5.32 Å². The lowest BCUT2D eigenvalue weighted by Gasteiger charge is -2.60. The number of nitrogens with one attached hydrogen (secondary N) is 1. The van der Waals surface area contributed by atoms with Gasteiger partial charge in [-0.15, -0.1) is 0 Å². The van der Waals surface area contributed by atoms with Gasteiger partial charge in [0.25, 0.3) is 0 Å². The first-order valence-electron chi connectivity index (χ1n) is 12.0. The zero-order valence-corrected chi connectivity index (χ0v) is 20.3. The molecule has 3 saturated carbocycles. The number of hydrogen-bond donors (Lipinski definition) is 1. The summed E-state index contributed by atoms with van der Waals surface area (Å²) in [6, 6.07) is 7.08. The van der Waals surface area contributed by atoms with Crippen molar-refractivity contribution in [2.75, 3.05) is 6.26 Å². The molecule has 4 aliphatic rings. The van der Waals surface area contributed by atoms with Crippen LogP contribution in [0.25, 0.3) is 0 Å². The summed E-state index contributed by atoms with van der Waals surface area (Å²) in [5.41, 5.74) is 0.310. The Bertz CT molecular complexity index is 1050. The number of carbonyl (C=O) groups is 1. The summed E-state index contributed by atoms with van der Waals surface area (Å²) in [4.78, 5) is 12.3. The number of sulfone groups is 1. The average molecular weight is 458 g/mol. The number of carbonyl (C=O) groups excluding carboxylic acids is 1. The van der Waals surface area contributed by atoms with Gasteiger partial charge in [0.1, 0.15) is 5.75 Å². The van der Waals surface area contributed by atoms with E-state index >= 15 is 0 Å². The SMILES string of the molecule is CC1CC2NC(=O)C=C[C@]2(C)[C@@H]2CC[C@]3(C)CC(Oc4ccc(S(C)(=O)=O)cc4)C[C@H]3[C@H]12. The molecule has 1 aromatic carbocycles. The number of ether oxygens (including phenoxy) is 1. The Hall–Kier alpha value is -1.82. The molecule has 8 atom stereocenters. The molecule has 1 aromatic rings. The number of amides is 1. The van der Waals surface area contributed by atoms with Crippen LogP contribution < -0.4 is 10.1 Å². The Labute approximate surface area is 191 Å². The molecule has 0 bridgehead atoms. The molecule has 3 fully saturated rings. The molecule has 0 radical (unpaired) electrons. The summed E-state index contributed by atoms with van der Waals surface area (Å²) in [7, 11) is -3.20. The molecule has 5 rings (SSSR count). The van der Waals surface area contributed by atoms with Crippen LogP contribution in [0.15, 0.2) is 41.3 Å². The Morgan fingerprint density at radius 3 is 2.50 bits per heavy atom. The van der Waals surface area contributed by atoms with Gasteiger partial charge in [0.2, 0.25) is 5.91 Å². The van der Waals surface area contributed by atoms with Crippen molar-refractivity contribution in [1.29, 1.82) is 0 Å². The van der Waals surface area contributed by atoms with Crippen LogP contribution in [-0.2, 0) is 14.6 Å². The molecular formula is C26H35NO4S. The lowest BCUT2D eigenvalue weighted by Crippen LogP contribution is -2.61. The minimum atomic E-state index is -3.20. The van der Waals surface area contributed by atoms with Crippen molar-refractivity contribution >= 4 is 15.7 Å². The molecule has 1 amide bonds. The zero-order chi connectivity index (χ0) is 22.9. The number of rotatable bonds is 3. The van der Waals surface area contributed by atoms with Gasteiger partial charge in [-0.25, -0.2) is 8.42 Å². The second kappa shape index (κ2) is 7.34. The van der Waals surface area contributed by atoms with E-state index in [-0.39, 0.29) is 28.9 Å². The van der Waals surface area contributed by atoms with E-state index in [1.54, 1.807) is 30.3 Å². The first-order chi connectivity index (χ1) is 15.0. The van der Waals surface area contributed by atoms with Crippen LogP contribution in [0.3, 0.4) is 0 Å². The molecule has 6 heteroatoms. The van der Waals surface area contributed by atoms with E-state index in [4.69, 9.17) is 4.74 Å². The Morgan fingerprint density at radius 1 is 1.09 bits per heavy atom. The molecule has 3 aliphatic carbocycles. The minimum absolute atomic E-state index is 0.0346. The van der Waals surface area contributed by atoms with Gasteiger partial charge >= 0.3 is 0 Å². The lowest BCUT2D eigenvalue weighted by atomic mass is 9.46. The largest absolute Gasteiger partial charge is 0.490 e. The van der Waals surface area contributed by atoms with Gasteiger partial charge in [0.15, 0.2) is 9.84 Å². The van der Waals surface area contributed by atoms with Crippen molar-refractivity contribution in [3.05, 3.63) is 36.4 Å². The lowest BCUT2D eigenvalue weighted by molar-refractivity contribution is -0.124. The highest BCUT2D eigenvalue weighted by Gasteiger charge is 2.60. The Morgan fingerprint density at radius 2 is 1.81 bits per heavy atom. The highest BCUT2D eigenvalue weighted by Crippen LogP contribution is 2.64. The van der Waals surface area contributed by atoms with Gasteiger partial charge in [-0.3, -0.25) is 4.79 Å². The first-order valence-corrected chi connectivity index (χ1v) is 13.9. The highest BCUT2D eigenvalue weighted by atomic mass is 32.2. The Kier molecular flexibility index (Phi) is 5.05. The van der Waals surface area contributed by atoms with Gasteiger partial charge in [-0.1, -0.05) is 26.8 Å². The molecule has 1 aliphatic heterocycles. The van der Waals surface area contributed by atoms with Crippen LogP contribution in [0.2, 0.25) is 0 Å². The van der Waals surface area contributed by atoms with Crippen molar-refractivity contribution in [2.24, 2.45) is 34.5 Å². The van der Waals surface area contributed by atoms with E-state index in [0.29, 0.717) is 28.6 Å². The summed E-state index contributed by atoms with van der Waals surface area (Å²) < 4.78 is 29.9. The third-order valence-electron chi connectivity index (χ3n) is 9.34. The maximum atomic E-state index is 12.0. The maximum absolute atomic E-state index is 12.0. The molecule has 0 saturated heterocycles. The number of benzene rings is 1. The predicted molar refractivity (Wildman–Crippen MR) is 124 cm³/mol. The summed E-state index contributed by atoms with van der Waals surface area (Å²) in [5.74, 6) is 3.20. The third kappa shape index (κ3) is 3.49. The molecule has 1 heterocycles. The zero-order valence-electron chi connectivity index (χ0n) is 19.5. The topological polar surface area (TPSA) is 72.5 Å². The number of hydrogen-bond acceptors (Lipinski definition) is 4.